The molecule has 1 aromatic heterocycles. The van der Waals surface area contributed by atoms with E-state index in [0.29, 0.717) is 16.9 Å². The normalized spacial score (nSPS) is 11.2. The minimum atomic E-state index is -0.953. The summed E-state index contributed by atoms with van der Waals surface area (Å²) in [6, 6.07) is 12.0. The monoisotopic (exact) mass is 309 g/mol. The van der Waals surface area contributed by atoms with E-state index in [2.05, 4.69) is 4.98 Å². The van der Waals surface area contributed by atoms with Gasteiger partial charge >= 0.3 is 0 Å². The average Bonchev–Trinajstić information content (AvgIpc) is 2.85. The Bertz CT molecular complexity index is 932. The molecule has 1 heterocycles. The molecule has 3 nitrogen and oxygen atoms in total. The number of halogens is 2. The van der Waals surface area contributed by atoms with Crippen LogP contribution in [0.15, 0.2) is 36.4 Å². The first-order valence-electron chi connectivity index (χ1n) is 7.05. The molecule has 114 valence electrons. The van der Waals surface area contributed by atoms with Gasteiger partial charge in [-0.05, 0) is 18.6 Å². The van der Waals surface area contributed by atoms with E-state index in [1.165, 1.54) is 0 Å². The van der Waals surface area contributed by atoms with Crippen LogP contribution in [-0.2, 0) is 6.54 Å². The topological polar surface area (TPSA) is 41.6 Å². The van der Waals surface area contributed by atoms with Crippen LogP contribution in [-0.4, -0.2) is 9.55 Å². The van der Waals surface area contributed by atoms with Crippen LogP contribution in [0, 0.1) is 29.9 Å². The number of aromatic nitrogens is 2. The van der Waals surface area contributed by atoms with Crippen LogP contribution in [0.5, 0.6) is 0 Å². The molecule has 5 heteroatoms. The van der Waals surface area contributed by atoms with Gasteiger partial charge in [-0.15, -0.1) is 0 Å². The van der Waals surface area contributed by atoms with Crippen molar-refractivity contribution in [3.05, 3.63) is 65.0 Å². The molecular weight excluding hydrogens is 296 g/mol. The lowest BCUT2D eigenvalue weighted by atomic mass is 10.1. The Balaban J connectivity index is 2.07. The van der Waals surface area contributed by atoms with E-state index < -0.39 is 11.6 Å². The van der Waals surface area contributed by atoms with Crippen LogP contribution in [0.1, 0.15) is 17.0 Å². The third kappa shape index (κ3) is 2.97. The third-order valence-electron chi connectivity index (χ3n) is 3.55. The molecule has 0 aliphatic rings. The van der Waals surface area contributed by atoms with Gasteiger partial charge in [-0.2, -0.15) is 5.26 Å². The molecule has 0 amide bonds. The molecule has 0 saturated carbocycles. The first-order chi connectivity index (χ1) is 11.1. The first kappa shape index (κ1) is 14.9. The maximum absolute atomic E-state index is 13.4. The molecule has 23 heavy (non-hydrogen) atoms. The Morgan fingerprint density at radius 3 is 2.52 bits per heavy atom. The molecule has 3 rings (SSSR count). The lowest BCUT2D eigenvalue weighted by Crippen LogP contribution is -1.98. The summed E-state index contributed by atoms with van der Waals surface area (Å²) in [6.45, 7) is 2.01. The summed E-state index contributed by atoms with van der Waals surface area (Å²) in [4.78, 5) is 4.28. The summed E-state index contributed by atoms with van der Waals surface area (Å²) in [5, 5.41) is 8.97. The number of benzene rings is 2. The van der Waals surface area contributed by atoms with Crippen LogP contribution in [0.3, 0.4) is 0 Å². The largest absolute Gasteiger partial charge is 0.310 e. The fourth-order valence-corrected chi connectivity index (χ4v) is 2.35. The van der Waals surface area contributed by atoms with Crippen molar-refractivity contribution in [2.45, 2.75) is 13.5 Å². The van der Waals surface area contributed by atoms with Crippen molar-refractivity contribution >= 4 is 23.2 Å². The highest BCUT2D eigenvalue weighted by molar-refractivity contribution is 5.80. The zero-order valence-electron chi connectivity index (χ0n) is 12.4. The van der Waals surface area contributed by atoms with Gasteiger partial charge in [-0.1, -0.05) is 35.9 Å². The average molecular weight is 309 g/mol. The molecule has 0 saturated heterocycles. The molecule has 3 aromatic rings. The van der Waals surface area contributed by atoms with E-state index in [-0.39, 0.29) is 6.54 Å². The summed E-state index contributed by atoms with van der Waals surface area (Å²) >= 11 is 0. The number of imidazole rings is 1. The van der Waals surface area contributed by atoms with Crippen molar-refractivity contribution < 1.29 is 8.78 Å². The van der Waals surface area contributed by atoms with Crippen molar-refractivity contribution in [3.8, 4) is 6.07 Å². The van der Waals surface area contributed by atoms with Gasteiger partial charge < -0.3 is 4.57 Å². The summed E-state index contributed by atoms with van der Waals surface area (Å²) in [5.74, 6) is -1.43. The second-order valence-electron chi connectivity index (χ2n) is 5.21. The van der Waals surface area contributed by atoms with Crippen molar-refractivity contribution in [1.29, 1.82) is 5.26 Å². The van der Waals surface area contributed by atoms with E-state index in [1.54, 1.807) is 10.6 Å². The lowest BCUT2D eigenvalue weighted by Gasteiger charge is -2.01. The van der Waals surface area contributed by atoms with Gasteiger partial charge in [0.15, 0.2) is 11.6 Å². The number of nitrogens with zero attached hydrogens (tertiary/aromatic N) is 3. The predicted octanol–water partition coefficient (Wildman–Crippen LogP) is 4.32. The van der Waals surface area contributed by atoms with Crippen LogP contribution >= 0.6 is 0 Å². The van der Waals surface area contributed by atoms with E-state index in [9.17, 15) is 8.78 Å². The highest BCUT2D eigenvalue weighted by Crippen LogP contribution is 2.21. The second-order valence-corrected chi connectivity index (χ2v) is 5.21. The minimum absolute atomic E-state index is 0.00907. The van der Waals surface area contributed by atoms with Crippen molar-refractivity contribution in [2.75, 3.05) is 0 Å². The predicted molar refractivity (Wildman–Crippen MR) is 85.4 cm³/mol. The van der Waals surface area contributed by atoms with E-state index in [1.807, 2.05) is 43.3 Å². The number of hydrogen-bond donors (Lipinski definition) is 0. The molecule has 0 spiro atoms. The third-order valence-corrected chi connectivity index (χ3v) is 3.55. The van der Waals surface area contributed by atoms with E-state index >= 15 is 0 Å². The summed E-state index contributed by atoms with van der Waals surface area (Å²) in [6.07, 6.45) is 3.58. The number of fused-ring (bicyclic) bond motifs is 1. The van der Waals surface area contributed by atoms with Crippen LogP contribution in [0.2, 0.25) is 0 Å². The van der Waals surface area contributed by atoms with Crippen molar-refractivity contribution in [3.63, 3.8) is 0 Å². The Morgan fingerprint density at radius 1 is 1.13 bits per heavy atom. The van der Waals surface area contributed by atoms with Gasteiger partial charge in [-0.25, -0.2) is 13.8 Å². The van der Waals surface area contributed by atoms with Gasteiger partial charge in [0, 0.05) is 12.1 Å². The first-order valence-corrected chi connectivity index (χ1v) is 7.05. The molecule has 2 aromatic carbocycles. The van der Waals surface area contributed by atoms with E-state index in [0.717, 1.165) is 23.3 Å². The summed E-state index contributed by atoms with van der Waals surface area (Å²) < 4.78 is 28.4. The van der Waals surface area contributed by atoms with Crippen molar-refractivity contribution in [1.82, 2.24) is 9.55 Å². The summed E-state index contributed by atoms with van der Waals surface area (Å²) in [7, 11) is 0. The molecular formula is C18H13F2N3. The van der Waals surface area contributed by atoms with Gasteiger partial charge in [-0.3, -0.25) is 0 Å². The van der Waals surface area contributed by atoms with Crippen LogP contribution in [0.4, 0.5) is 8.78 Å². The lowest BCUT2D eigenvalue weighted by molar-refractivity contribution is 0.510. The van der Waals surface area contributed by atoms with Crippen molar-refractivity contribution in [2.24, 2.45) is 0 Å². The SMILES string of the molecule is Cc1ccc(/C=C/c2nc3cc(F)c(F)cc3n2CC#N)cc1. The molecule has 0 fully saturated rings. The number of nitriles is 1. The Hall–Kier alpha value is -3.00. The fraction of sp³-hybridized carbons (Fsp3) is 0.111. The molecule has 0 aliphatic heterocycles. The Morgan fingerprint density at radius 2 is 1.83 bits per heavy atom. The Kier molecular flexibility index (Phi) is 3.90. The standard InChI is InChI=1S/C18H13F2N3/c1-12-2-4-13(5-3-12)6-7-18-22-16-10-14(19)15(20)11-17(16)23(18)9-8-21/h2-7,10-11H,9H2,1H3/b7-6+. The van der Waals surface area contributed by atoms with Crippen LogP contribution in [0.25, 0.3) is 23.2 Å². The highest BCUT2D eigenvalue weighted by Gasteiger charge is 2.12. The van der Waals surface area contributed by atoms with Crippen LogP contribution < -0.4 is 0 Å². The summed E-state index contributed by atoms with van der Waals surface area (Å²) in [5.41, 5.74) is 2.85. The van der Waals surface area contributed by atoms with Gasteiger partial charge in [0.2, 0.25) is 0 Å². The molecule has 0 atom stereocenters. The molecule has 0 bridgehead atoms. The second kappa shape index (κ2) is 6.01. The number of hydrogen-bond acceptors (Lipinski definition) is 2. The van der Waals surface area contributed by atoms with Gasteiger partial charge in [0.25, 0.3) is 0 Å². The van der Waals surface area contributed by atoms with Gasteiger partial charge in [0.05, 0.1) is 17.1 Å². The molecule has 0 aliphatic carbocycles. The fourth-order valence-electron chi connectivity index (χ4n) is 2.35. The molecule has 0 N–H and O–H groups in total. The number of rotatable bonds is 3. The smallest absolute Gasteiger partial charge is 0.161 e. The minimum Gasteiger partial charge on any atom is -0.310 e. The quantitative estimate of drug-likeness (QED) is 0.723. The molecule has 0 unspecified atom stereocenters. The zero-order valence-corrected chi connectivity index (χ0v) is 12.4. The highest BCUT2D eigenvalue weighted by atomic mass is 19.2. The van der Waals surface area contributed by atoms with Gasteiger partial charge in [0.1, 0.15) is 12.4 Å². The maximum atomic E-state index is 13.4. The zero-order chi connectivity index (χ0) is 16.4. The molecule has 0 radical (unpaired) electrons. The maximum Gasteiger partial charge on any atom is 0.161 e. The van der Waals surface area contributed by atoms with E-state index in [4.69, 9.17) is 5.26 Å². The Labute approximate surface area is 132 Å². The number of aryl methyl sites for hydroxylation is 1.